The second kappa shape index (κ2) is 5.92. The molecular weight excluding hydrogens is 358 g/mol. The zero-order chi connectivity index (χ0) is 14.1. The van der Waals surface area contributed by atoms with E-state index in [0.29, 0.717) is 17.5 Å². The van der Waals surface area contributed by atoms with Crippen LogP contribution in [0.5, 0.6) is 0 Å². The van der Waals surface area contributed by atoms with Crippen molar-refractivity contribution >= 4 is 45.1 Å². The van der Waals surface area contributed by atoms with E-state index in [1.165, 1.54) is 12.8 Å². The Morgan fingerprint density at radius 2 is 2.05 bits per heavy atom. The molecule has 0 spiro atoms. The van der Waals surface area contributed by atoms with Crippen LogP contribution in [0.3, 0.4) is 0 Å². The average molecular weight is 371 g/mol. The molecule has 104 valence electrons. The van der Waals surface area contributed by atoms with Crippen molar-refractivity contribution in [1.82, 2.24) is 9.97 Å². The smallest absolute Gasteiger partial charge is 0.141 e. The molecule has 1 fully saturated rings. The van der Waals surface area contributed by atoms with Gasteiger partial charge in [0.15, 0.2) is 0 Å². The van der Waals surface area contributed by atoms with Gasteiger partial charge < -0.3 is 5.73 Å². The molecule has 0 radical (unpaired) electrons. The molecule has 1 saturated carbocycles. The molecule has 1 aromatic heterocycles. The van der Waals surface area contributed by atoms with E-state index in [2.05, 4.69) is 25.9 Å². The standard InChI is InChI=1S/C14H13BrClN3S/c15-12-13(8-5-6-8)18-11(19-14(12)17)7-20-10-4-2-1-3-9(10)16/h1-4,8H,5-7H2,(H2,17,18,19). The van der Waals surface area contributed by atoms with Crippen molar-refractivity contribution in [3.8, 4) is 0 Å². The lowest BCUT2D eigenvalue weighted by molar-refractivity contribution is 0.926. The number of nitrogen functional groups attached to an aromatic ring is 1. The van der Waals surface area contributed by atoms with E-state index >= 15 is 0 Å². The molecule has 3 rings (SSSR count). The molecular formula is C14H13BrClN3S. The zero-order valence-corrected chi connectivity index (χ0v) is 13.8. The summed E-state index contributed by atoms with van der Waals surface area (Å²) in [4.78, 5) is 10.0. The molecule has 0 bridgehead atoms. The molecule has 2 N–H and O–H groups in total. The highest BCUT2D eigenvalue weighted by Gasteiger charge is 2.29. The molecule has 0 atom stereocenters. The second-order valence-corrected chi connectivity index (χ2v) is 6.94. The lowest BCUT2D eigenvalue weighted by Gasteiger charge is -2.08. The van der Waals surface area contributed by atoms with Crippen LogP contribution in [-0.2, 0) is 5.75 Å². The van der Waals surface area contributed by atoms with Crippen LogP contribution in [0.2, 0.25) is 5.02 Å². The Morgan fingerprint density at radius 1 is 1.30 bits per heavy atom. The minimum Gasteiger partial charge on any atom is -0.383 e. The first-order valence-corrected chi connectivity index (χ1v) is 8.50. The van der Waals surface area contributed by atoms with Crippen molar-refractivity contribution in [3.63, 3.8) is 0 Å². The molecule has 0 unspecified atom stereocenters. The van der Waals surface area contributed by atoms with Crippen LogP contribution in [0.1, 0.15) is 30.3 Å². The highest BCUT2D eigenvalue weighted by Crippen LogP contribution is 2.43. The zero-order valence-electron chi connectivity index (χ0n) is 10.6. The third-order valence-electron chi connectivity index (χ3n) is 3.11. The lowest BCUT2D eigenvalue weighted by atomic mass is 10.3. The van der Waals surface area contributed by atoms with E-state index in [-0.39, 0.29) is 0 Å². The summed E-state index contributed by atoms with van der Waals surface area (Å²) in [7, 11) is 0. The van der Waals surface area contributed by atoms with Crippen LogP contribution in [-0.4, -0.2) is 9.97 Å². The predicted molar refractivity (Wildman–Crippen MR) is 87.1 cm³/mol. The number of hydrogen-bond donors (Lipinski definition) is 1. The van der Waals surface area contributed by atoms with Gasteiger partial charge in [-0.1, -0.05) is 23.7 Å². The number of thioether (sulfide) groups is 1. The van der Waals surface area contributed by atoms with E-state index in [1.807, 2.05) is 24.3 Å². The van der Waals surface area contributed by atoms with Crippen molar-refractivity contribution in [1.29, 1.82) is 0 Å². The fourth-order valence-corrected chi connectivity index (χ4v) is 3.52. The predicted octanol–water partition coefficient (Wildman–Crippen LogP) is 4.64. The number of nitrogens with zero attached hydrogens (tertiary/aromatic N) is 2. The maximum absolute atomic E-state index is 6.14. The molecule has 2 aromatic rings. The summed E-state index contributed by atoms with van der Waals surface area (Å²) in [6.45, 7) is 0. The highest BCUT2D eigenvalue weighted by atomic mass is 79.9. The third kappa shape index (κ3) is 3.10. The summed E-state index contributed by atoms with van der Waals surface area (Å²) in [6.07, 6.45) is 2.37. The number of nitrogens with two attached hydrogens (primary N) is 1. The van der Waals surface area contributed by atoms with Gasteiger partial charge in [0, 0.05) is 10.8 Å². The molecule has 0 saturated heterocycles. The van der Waals surface area contributed by atoms with Crippen LogP contribution in [0, 0.1) is 0 Å². The first-order valence-electron chi connectivity index (χ1n) is 6.34. The summed E-state index contributed by atoms with van der Waals surface area (Å²) in [6, 6.07) is 7.78. The molecule has 20 heavy (non-hydrogen) atoms. The fourth-order valence-electron chi connectivity index (χ4n) is 1.93. The minimum absolute atomic E-state index is 0.525. The monoisotopic (exact) mass is 369 g/mol. The SMILES string of the molecule is Nc1nc(CSc2ccccc2Cl)nc(C2CC2)c1Br. The minimum atomic E-state index is 0.525. The van der Waals surface area contributed by atoms with Gasteiger partial charge in [0.2, 0.25) is 0 Å². The van der Waals surface area contributed by atoms with Crippen LogP contribution in [0.25, 0.3) is 0 Å². The van der Waals surface area contributed by atoms with E-state index in [0.717, 1.165) is 25.9 Å². The van der Waals surface area contributed by atoms with Crippen LogP contribution in [0.15, 0.2) is 33.6 Å². The normalized spacial score (nSPS) is 14.5. The van der Waals surface area contributed by atoms with Gasteiger partial charge in [-0.15, -0.1) is 11.8 Å². The van der Waals surface area contributed by atoms with Crippen molar-refractivity contribution in [2.24, 2.45) is 0 Å². The third-order valence-corrected chi connectivity index (χ3v) is 5.43. The van der Waals surface area contributed by atoms with E-state index < -0.39 is 0 Å². The van der Waals surface area contributed by atoms with Gasteiger partial charge in [-0.25, -0.2) is 9.97 Å². The van der Waals surface area contributed by atoms with Gasteiger partial charge in [-0.2, -0.15) is 0 Å². The number of halogens is 2. The van der Waals surface area contributed by atoms with E-state index in [1.54, 1.807) is 11.8 Å². The largest absolute Gasteiger partial charge is 0.383 e. The molecule has 3 nitrogen and oxygen atoms in total. The molecule has 0 amide bonds. The quantitative estimate of drug-likeness (QED) is 0.796. The van der Waals surface area contributed by atoms with Crippen molar-refractivity contribution in [3.05, 3.63) is 45.3 Å². The summed E-state index contributed by atoms with van der Waals surface area (Å²) in [5, 5.41) is 0.755. The van der Waals surface area contributed by atoms with Gasteiger partial charge in [-0.05, 0) is 40.9 Å². The maximum Gasteiger partial charge on any atom is 0.141 e. The topological polar surface area (TPSA) is 51.8 Å². The first-order chi connectivity index (χ1) is 9.65. The average Bonchev–Trinajstić information content (AvgIpc) is 3.26. The fraction of sp³-hybridized carbons (Fsp3) is 0.286. The summed E-state index contributed by atoms with van der Waals surface area (Å²) < 4.78 is 0.853. The van der Waals surface area contributed by atoms with Crippen LogP contribution in [0.4, 0.5) is 5.82 Å². The summed E-state index contributed by atoms with van der Waals surface area (Å²) >= 11 is 11.3. The van der Waals surface area contributed by atoms with Crippen LogP contribution >= 0.6 is 39.3 Å². The highest BCUT2D eigenvalue weighted by molar-refractivity contribution is 9.10. The van der Waals surface area contributed by atoms with E-state index in [9.17, 15) is 0 Å². The maximum atomic E-state index is 6.14. The van der Waals surface area contributed by atoms with Gasteiger partial charge in [0.1, 0.15) is 11.6 Å². The Bertz CT molecular complexity index is 646. The lowest BCUT2D eigenvalue weighted by Crippen LogP contribution is -2.04. The Morgan fingerprint density at radius 3 is 2.75 bits per heavy atom. The molecule has 1 heterocycles. The Balaban J connectivity index is 1.79. The van der Waals surface area contributed by atoms with Crippen molar-refractivity contribution < 1.29 is 0 Å². The Hall–Kier alpha value is -0.780. The molecule has 6 heteroatoms. The first kappa shape index (κ1) is 14.2. The van der Waals surface area contributed by atoms with Gasteiger partial charge >= 0.3 is 0 Å². The van der Waals surface area contributed by atoms with Gasteiger partial charge in [0.05, 0.1) is 20.9 Å². The van der Waals surface area contributed by atoms with Gasteiger partial charge in [-0.3, -0.25) is 0 Å². The molecule has 1 aliphatic carbocycles. The van der Waals surface area contributed by atoms with Crippen molar-refractivity contribution in [2.75, 3.05) is 5.73 Å². The molecule has 1 aromatic carbocycles. The van der Waals surface area contributed by atoms with Gasteiger partial charge in [0.25, 0.3) is 0 Å². The number of hydrogen-bond acceptors (Lipinski definition) is 4. The number of benzene rings is 1. The number of aromatic nitrogens is 2. The molecule has 0 aliphatic heterocycles. The second-order valence-electron chi connectivity index (χ2n) is 4.72. The summed E-state index contributed by atoms with van der Waals surface area (Å²) in [5.41, 5.74) is 7.00. The summed E-state index contributed by atoms with van der Waals surface area (Å²) in [5.74, 6) is 2.49. The molecule has 1 aliphatic rings. The number of anilines is 1. The van der Waals surface area contributed by atoms with Crippen molar-refractivity contribution in [2.45, 2.75) is 29.4 Å². The van der Waals surface area contributed by atoms with Crippen LogP contribution < -0.4 is 5.73 Å². The van der Waals surface area contributed by atoms with E-state index in [4.69, 9.17) is 17.3 Å². The Kier molecular flexibility index (Phi) is 4.19. The Labute approximate surface area is 135 Å². The number of rotatable bonds is 4.